The molecule has 3 rings (SSSR count). The van der Waals surface area contributed by atoms with Crippen molar-refractivity contribution >= 4 is 34.5 Å². The first kappa shape index (κ1) is 21.9. The maximum Gasteiger partial charge on any atom is 0.340 e. The van der Waals surface area contributed by atoms with Crippen molar-refractivity contribution in [2.75, 3.05) is 18.5 Å². The van der Waals surface area contributed by atoms with Gasteiger partial charge < -0.3 is 15.4 Å². The number of hydrogen-bond acceptors (Lipinski definition) is 6. The summed E-state index contributed by atoms with van der Waals surface area (Å²) < 4.78 is 6.78. The van der Waals surface area contributed by atoms with Crippen LogP contribution in [0.5, 0.6) is 0 Å². The van der Waals surface area contributed by atoms with Crippen LogP contribution in [0.4, 0.5) is 5.69 Å². The van der Waals surface area contributed by atoms with Gasteiger partial charge in [0.2, 0.25) is 5.91 Å². The van der Waals surface area contributed by atoms with Crippen LogP contribution in [0.15, 0.2) is 36.7 Å². The highest BCUT2D eigenvalue weighted by Crippen LogP contribution is 2.19. The van der Waals surface area contributed by atoms with Crippen molar-refractivity contribution in [1.29, 1.82) is 0 Å². The number of ether oxygens (including phenoxy) is 1. The van der Waals surface area contributed by atoms with Gasteiger partial charge in [0.1, 0.15) is 0 Å². The minimum absolute atomic E-state index is 0.137. The normalized spacial score (nSPS) is 10.9. The number of carbonyl (C=O) groups is 3. The highest BCUT2D eigenvalue weighted by atomic mass is 16.5. The largest absolute Gasteiger partial charge is 0.452 e. The zero-order valence-corrected chi connectivity index (χ0v) is 17.9. The van der Waals surface area contributed by atoms with Crippen molar-refractivity contribution in [2.45, 2.75) is 33.7 Å². The molecule has 0 radical (unpaired) electrons. The summed E-state index contributed by atoms with van der Waals surface area (Å²) in [5, 5.41) is 10.2. The van der Waals surface area contributed by atoms with Crippen molar-refractivity contribution in [3.63, 3.8) is 0 Å². The van der Waals surface area contributed by atoms with Gasteiger partial charge in [-0.2, -0.15) is 5.10 Å². The van der Waals surface area contributed by atoms with Gasteiger partial charge in [0, 0.05) is 23.3 Å². The lowest BCUT2D eigenvalue weighted by Crippen LogP contribution is -2.35. The molecule has 2 heterocycles. The molecule has 0 aliphatic carbocycles. The number of anilines is 1. The van der Waals surface area contributed by atoms with Crippen molar-refractivity contribution in [2.24, 2.45) is 0 Å². The number of benzene rings is 1. The summed E-state index contributed by atoms with van der Waals surface area (Å²) in [5.41, 5.74) is 3.46. The maximum absolute atomic E-state index is 12.2. The molecule has 0 unspecified atom stereocenters. The Bertz CT molecular complexity index is 1120. The van der Waals surface area contributed by atoms with Crippen LogP contribution in [0.25, 0.3) is 11.0 Å². The molecule has 31 heavy (non-hydrogen) atoms. The first-order chi connectivity index (χ1) is 14.8. The summed E-state index contributed by atoms with van der Waals surface area (Å²) in [7, 11) is 0. The number of fused-ring (bicyclic) bond motifs is 1. The van der Waals surface area contributed by atoms with Gasteiger partial charge in [-0.1, -0.05) is 18.2 Å². The molecule has 0 aliphatic rings. The molecule has 9 heteroatoms. The smallest absolute Gasteiger partial charge is 0.340 e. The Kier molecular flexibility index (Phi) is 6.64. The summed E-state index contributed by atoms with van der Waals surface area (Å²) in [4.78, 5) is 40.6. The molecule has 2 amide bonds. The first-order valence-corrected chi connectivity index (χ1v) is 9.89. The van der Waals surface area contributed by atoms with Crippen LogP contribution >= 0.6 is 0 Å². The molecule has 0 spiro atoms. The Labute approximate surface area is 179 Å². The minimum atomic E-state index is -0.679. The lowest BCUT2D eigenvalue weighted by molar-refractivity contribution is -0.126. The Hall–Kier alpha value is -3.75. The second-order valence-electron chi connectivity index (χ2n) is 7.49. The number of aryl methyl sites for hydroxylation is 2. The van der Waals surface area contributed by atoms with Gasteiger partial charge >= 0.3 is 5.97 Å². The lowest BCUT2D eigenvalue weighted by atomic mass is 10.1. The van der Waals surface area contributed by atoms with Crippen LogP contribution in [0.3, 0.4) is 0 Å². The van der Waals surface area contributed by atoms with Gasteiger partial charge in [0.15, 0.2) is 12.3 Å². The van der Waals surface area contributed by atoms with Crippen molar-refractivity contribution < 1.29 is 19.1 Å². The molecule has 9 nitrogen and oxygen atoms in total. The number of pyridine rings is 1. The Morgan fingerprint density at radius 2 is 1.81 bits per heavy atom. The summed E-state index contributed by atoms with van der Waals surface area (Å²) in [5.74, 6) is -1.62. The fourth-order valence-electron chi connectivity index (χ4n) is 3.07. The fraction of sp³-hybridized carbons (Fsp3) is 0.318. The highest BCUT2D eigenvalue weighted by molar-refractivity contribution is 5.97. The van der Waals surface area contributed by atoms with Gasteiger partial charge in [-0.15, -0.1) is 0 Å². The van der Waals surface area contributed by atoms with Gasteiger partial charge in [-0.25, -0.2) is 14.5 Å². The summed E-state index contributed by atoms with van der Waals surface area (Å²) >= 11 is 0. The Morgan fingerprint density at radius 1 is 1.10 bits per heavy atom. The highest BCUT2D eigenvalue weighted by Gasteiger charge is 2.15. The molecule has 162 valence electrons. The van der Waals surface area contributed by atoms with E-state index in [1.807, 2.05) is 45.9 Å². The average Bonchev–Trinajstić information content (AvgIpc) is 3.16. The Morgan fingerprint density at radius 3 is 2.48 bits per heavy atom. The van der Waals surface area contributed by atoms with E-state index >= 15 is 0 Å². The van der Waals surface area contributed by atoms with Crippen LogP contribution in [-0.4, -0.2) is 45.7 Å². The second kappa shape index (κ2) is 9.38. The molecule has 0 saturated heterocycles. The van der Waals surface area contributed by atoms with Crippen LogP contribution < -0.4 is 10.6 Å². The van der Waals surface area contributed by atoms with E-state index in [0.717, 1.165) is 16.8 Å². The third-order valence-electron chi connectivity index (χ3n) is 4.68. The monoisotopic (exact) mass is 423 g/mol. The second-order valence-corrected chi connectivity index (χ2v) is 7.49. The minimum Gasteiger partial charge on any atom is -0.452 e. The van der Waals surface area contributed by atoms with E-state index in [2.05, 4.69) is 20.7 Å². The standard InChI is InChI=1S/C22H25N5O4/c1-13(2)27-21-16(10-25-27)8-17(9-24-21)22(30)31-12-19(29)23-11-18(28)26-20-14(3)6-5-7-15(20)4/h5-10,13H,11-12H2,1-4H3,(H,23,29)(H,26,28). The molecule has 0 bridgehead atoms. The average molecular weight is 423 g/mol. The summed E-state index contributed by atoms with van der Waals surface area (Å²) in [6, 6.07) is 7.44. The number of amides is 2. The van der Waals surface area contributed by atoms with E-state index in [-0.39, 0.29) is 24.1 Å². The first-order valence-electron chi connectivity index (χ1n) is 9.89. The number of hydrogen-bond donors (Lipinski definition) is 2. The molecule has 0 fully saturated rings. The number of nitrogens with zero attached hydrogens (tertiary/aromatic N) is 3. The van der Waals surface area contributed by atoms with Crippen LogP contribution in [-0.2, 0) is 14.3 Å². The third kappa shape index (κ3) is 5.25. The topological polar surface area (TPSA) is 115 Å². The predicted octanol–water partition coefficient (Wildman–Crippen LogP) is 2.54. The fourth-order valence-corrected chi connectivity index (χ4v) is 3.07. The number of nitrogens with one attached hydrogen (secondary N) is 2. The van der Waals surface area contributed by atoms with E-state index < -0.39 is 18.5 Å². The third-order valence-corrected chi connectivity index (χ3v) is 4.68. The molecule has 3 aromatic rings. The number of aromatic nitrogens is 3. The molecule has 0 atom stereocenters. The number of esters is 1. The maximum atomic E-state index is 12.2. The summed E-state index contributed by atoms with van der Waals surface area (Å²) in [6.07, 6.45) is 3.02. The van der Waals surface area contributed by atoms with E-state index in [9.17, 15) is 14.4 Å². The van der Waals surface area contributed by atoms with Gasteiger partial charge in [-0.05, 0) is 44.9 Å². The predicted molar refractivity (Wildman–Crippen MR) is 116 cm³/mol. The number of carbonyl (C=O) groups excluding carboxylic acids is 3. The van der Waals surface area contributed by atoms with Crippen LogP contribution in [0, 0.1) is 13.8 Å². The molecule has 0 saturated carbocycles. The Balaban J connectivity index is 1.49. The van der Waals surface area contributed by atoms with Gasteiger partial charge in [-0.3, -0.25) is 9.59 Å². The number of rotatable bonds is 7. The van der Waals surface area contributed by atoms with E-state index in [1.54, 1.807) is 16.9 Å². The number of para-hydroxylation sites is 1. The van der Waals surface area contributed by atoms with Gasteiger partial charge in [0.05, 0.1) is 18.3 Å². The van der Waals surface area contributed by atoms with Crippen molar-refractivity contribution in [3.8, 4) is 0 Å². The van der Waals surface area contributed by atoms with E-state index in [4.69, 9.17) is 4.74 Å². The molecular formula is C22H25N5O4. The van der Waals surface area contributed by atoms with Crippen LogP contribution in [0.2, 0.25) is 0 Å². The SMILES string of the molecule is Cc1cccc(C)c1NC(=O)CNC(=O)COC(=O)c1cnc2c(cnn2C(C)C)c1. The molecule has 2 N–H and O–H groups in total. The van der Waals surface area contributed by atoms with E-state index in [0.29, 0.717) is 11.0 Å². The zero-order valence-electron chi connectivity index (χ0n) is 17.9. The van der Waals surface area contributed by atoms with E-state index in [1.165, 1.54) is 6.20 Å². The quantitative estimate of drug-likeness (QED) is 0.565. The lowest BCUT2D eigenvalue weighted by Gasteiger charge is -2.12. The van der Waals surface area contributed by atoms with Crippen LogP contribution in [0.1, 0.15) is 41.4 Å². The molecular weight excluding hydrogens is 398 g/mol. The molecule has 1 aromatic carbocycles. The summed E-state index contributed by atoms with van der Waals surface area (Å²) in [6.45, 7) is 7.01. The molecule has 2 aromatic heterocycles. The zero-order chi connectivity index (χ0) is 22.5. The molecule has 0 aliphatic heterocycles. The van der Waals surface area contributed by atoms with Crippen molar-refractivity contribution in [1.82, 2.24) is 20.1 Å². The van der Waals surface area contributed by atoms with Crippen molar-refractivity contribution in [3.05, 3.63) is 53.3 Å². The van der Waals surface area contributed by atoms with Gasteiger partial charge in [0.25, 0.3) is 5.91 Å².